The molecule has 1 atom stereocenters. The Kier molecular flexibility index (Phi) is 5.58. The third kappa shape index (κ3) is 4.15. The van der Waals surface area contributed by atoms with E-state index in [4.69, 9.17) is 9.26 Å². The molecular weight excluding hydrogens is 366 g/mol. The normalized spacial score (nSPS) is 17.4. The second-order valence-electron chi connectivity index (χ2n) is 7.75. The standard InChI is InChI=1S/C22H27N5O2/c1-14-10-24-19(11-23-14)22-25-21(26-29-22)18-6-5-9-27(13-18)12-17-7-8-20(28-4)16(3)15(17)2/h7-8,10-11,18H,5-6,9,12-13H2,1-4H3. The number of aryl methyl sites for hydroxylation is 1. The summed E-state index contributed by atoms with van der Waals surface area (Å²) in [4.78, 5) is 15.7. The molecule has 1 aliphatic rings. The highest BCUT2D eigenvalue weighted by Crippen LogP contribution is 2.29. The number of likely N-dealkylation sites (tertiary alicyclic amines) is 1. The van der Waals surface area contributed by atoms with Crippen molar-refractivity contribution in [2.45, 2.75) is 46.1 Å². The molecule has 1 fully saturated rings. The Balaban J connectivity index is 1.46. The van der Waals surface area contributed by atoms with E-state index in [0.717, 1.165) is 49.7 Å². The number of aromatic nitrogens is 4. The van der Waals surface area contributed by atoms with Gasteiger partial charge in [0.15, 0.2) is 5.82 Å². The molecule has 3 heterocycles. The van der Waals surface area contributed by atoms with Crippen molar-refractivity contribution in [3.63, 3.8) is 0 Å². The molecule has 3 aromatic rings. The van der Waals surface area contributed by atoms with E-state index in [1.54, 1.807) is 19.5 Å². The summed E-state index contributed by atoms with van der Waals surface area (Å²) < 4.78 is 10.9. The number of piperidine rings is 1. The molecule has 152 valence electrons. The largest absolute Gasteiger partial charge is 0.496 e. The summed E-state index contributed by atoms with van der Waals surface area (Å²) in [5.74, 6) is 2.40. The number of rotatable bonds is 5. The Morgan fingerprint density at radius 2 is 2.00 bits per heavy atom. The Bertz CT molecular complexity index is 983. The number of benzene rings is 1. The Morgan fingerprint density at radius 1 is 1.14 bits per heavy atom. The van der Waals surface area contributed by atoms with Gasteiger partial charge >= 0.3 is 0 Å². The molecule has 1 aromatic carbocycles. The van der Waals surface area contributed by atoms with Crippen molar-refractivity contribution in [2.75, 3.05) is 20.2 Å². The van der Waals surface area contributed by atoms with Gasteiger partial charge < -0.3 is 9.26 Å². The summed E-state index contributed by atoms with van der Waals surface area (Å²) in [5, 5.41) is 4.24. The van der Waals surface area contributed by atoms with Crippen LogP contribution in [0.15, 0.2) is 29.0 Å². The molecule has 7 heteroatoms. The number of ether oxygens (including phenoxy) is 1. The van der Waals surface area contributed by atoms with Gasteiger partial charge in [-0.15, -0.1) is 0 Å². The van der Waals surface area contributed by atoms with E-state index in [2.05, 4.69) is 51.0 Å². The molecule has 0 saturated carbocycles. The van der Waals surface area contributed by atoms with Crippen molar-refractivity contribution in [1.29, 1.82) is 0 Å². The summed E-state index contributed by atoms with van der Waals surface area (Å²) in [5.41, 5.74) is 5.33. The summed E-state index contributed by atoms with van der Waals surface area (Å²) in [7, 11) is 1.72. The molecule has 2 aromatic heterocycles. The van der Waals surface area contributed by atoms with Gasteiger partial charge in [0.2, 0.25) is 0 Å². The first-order valence-electron chi connectivity index (χ1n) is 10.0. The van der Waals surface area contributed by atoms with Crippen LogP contribution in [0, 0.1) is 20.8 Å². The van der Waals surface area contributed by atoms with E-state index >= 15 is 0 Å². The van der Waals surface area contributed by atoms with E-state index < -0.39 is 0 Å². The maximum atomic E-state index is 5.46. The van der Waals surface area contributed by atoms with Crippen LogP contribution in [0.5, 0.6) is 5.75 Å². The highest BCUT2D eigenvalue weighted by Gasteiger charge is 2.26. The summed E-state index contributed by atoms with van der Waals surface area (Å²) in [6.07, 6.45) is 5.57. The molecule has 0 aliphatic carbocycles. The Labute approximate surface area is 171 Å². The second-order valence-corrected chi connectivity index (χ2v) is 7.75. The van der Waals surface area contributed by atoms with E-state index in [9.17, 15) is 0 Å². The van der Waals surface area contributed by atoms with Crippen molar-refractivity contribution in [3.8, 4) is 17.3 Å². The van der Waals surface area contributed by atoms with Gasteiger partial charge in [-0.3, -0.25) is 9.88 Å². The first kappa shape index (κ1) is 19.5. The molecule has 0 radical (unpaired) electrons. The molecule has 1 aliphatic heterocycles. The smallest absolute Gasteiger partial charge is 0.278 e. The summed E-state index contributed by atoms with van der Waals surface area (Å²) in [6.45, 7) is 9.10. The maximum absolute atomic E-state index is 5.46. The lowest BCUT2D eigenvalue weighted by molar-refractivity contribution is 0.194. The first-order chi connectivity index (χ1) is 14.0. The lowest BCUT2D eigenvalue weighted by Crippen LogP contribution is -2.34. The number of hydrogen-bond donors (Lipinski definition) is 0. The van der Waals surface area contributed by atoms with Crippen LogP contribution in [-0.4, -0.2) is 45.2 Å². The van der Waals surface area contributed by atoms with E-state index in [-0.39, 0.29) is 5.92 Å². The Hall–Kier alpha value is -2.80. The lowest BCUT2D eigenvalue weighted by Gasteiger charge is -2.31. The van der Waals surface area contributed by atoms with Crippen molar-refractivity contribution in [1.82, 2.24) is 25.0 Å². The predicted octanol–water partition coefficient (Wildman–Crippen LogP) is 3.84. The van der Waals surface area contributed by atoms with Crippen molar-refractivity contribution in [3.05, 3.63) is 52.7 Å². The van der Waals surface area contributed by atoms with Gasteiger partial charge in [-0.05, 0) is 62.9 Å². The predicted molar refractivity (Wildman–Crippen MR) is 110 cm³/mol. The fourth-order valence-electron chi connectivity index (χ4n) is 3.90. The van der Waals surface area contributed by atoms with Gasteiger partial charge in [-0.25, -0.2) is 4.98 Å². The van der Waals surface area contributed by atoms with E-state index in [1.165, 1.54) is 16.7 Å². The lowest BCUT2D eigenvalue weighted by atomic mass is 9.95. The monoisotopic (exact) mass is 393 g/mol. The third-order valence-electron chi connectivity index (χ3n) is 5.78. The minimum absolute atomic E-state index is 0.263. The molecule has 0 N–H and O–H groups in total. The van der Waals surface area contributed by atoms with E-state index in [0.29, 0.717) is 11.6 Å². The number of methoxy groups -OCH3 is 1. The molecule has 0 bridgehead atoms. The van der Waals surface area contributed by atoms with Crippen LogP contribution >= 0.6 is 0 Å². The average molecular weight is 393 g/mol. The molecule has 7 nitrogen and oxygen atoms in total. The topological polar surface area (TPSA) is 77.2 Å². The maximum Gasteiger partial charge on any atom is 0.278 e. The molecule has 1 saturated heterocycles. The molecule has 29 heavy (non-hydrogen) atoms. The Morgan fingerprint density at radius 3 is 2.76 bits per heavy atom. The van der Waals surface area contributed by atoms with Crippen LogP contribution in [0.3, 0.4) is 0 Å². The van der Waals surface area contributed by atoms with Crippen LogP contribution in [0.4, 0.5) is 0 Å². The SMILES string of the molecule is COc1ccc(CN2CCCC(c3noc(-c4cnc(C)cn4)n3)C2)c(C)c1C. The number of nitrogens with zero attached hydrogens (tertiary/aromatic N) is 5. The van der Waals surface area contributed by atoms with Crippen LogP contribution < -0.4 is 4.74 Å². The fourth-order valence-corrected chi connectivity index (χ4v) is 3.90. The van der Waals surface area contributed by atoms with Gasteiger partial charge in [0.05, 0.1) is 19.0 Å². The molecule has 4 rings (SSSR count). The second kappa shape index (κ2) is 8.29. The highest BCUT2D eigenvalue weighted by atomic mass is 16.5. The number of hydrogen-bond acceptors (Lipinski definition) is 7. The fraction of sp³-hybridized carbons (Fsp3) is 0.455. The van der Waals surface area contributed by atoms with Gasteiger partial charge in [0, 0.05) is 25.2 Å². The molecule has 1 unspecified atom stereocenters. The van der Waals surface area contributed by atoms with E-state index in [1.807, 2.05) is 6.92 Å². The van der Waals surface area contributed by atoms with Crippen molar-refractivity contribution < 1.29 is 9.26 Å². The zero-order valence-electron chi connectivity index (χ0n) is 17.5. The van der Waals surface area contributed by atoms with Crippen molar-refractivity contribution >= 4 is 0 Å². The summed E-state index contributed by atoms with van der Waals surface area (Å²) in [6, 6.07) is 4.24. The third-order valence-corrected chi connectivity index (χ3v) is 5.78. The van der Waals surface area contributed by atoms with Crippen LogP contribution in [-0.2, 0) is 6.54 Å². The van der Waals surface area contributed by atoms with Crippen molar-refractivity contribution in [2.24, 2.45) is 0 Å². The quantitative estimate of drug-likeness (QED) is 0.652. The first-order valence-corrected chi connectivity index (χ1v) is 10.0. The zero-order valence-corrected chi connectivity index (χ0v) is 17.5. The van der Waals surface area contributed by atoms with Gasteiger partial charge in [0.1, 0.15) is 11.4 Å². The van der Waals surface area contributed by atoms with Crippen LogP contribution in [0.1, 0.15) is 47.0 Å². The summed E-state index contributed by atoms with van der Waals surface area (Å²) >= 11 is 0. The van der Waals surface area contributed by atoms with Crippen LogP contribution in [0.25, 0.3) is 11.6 Å². The van der Waals surface area contributed by atoms with Gasteiger partial charge in [-0.1, -0.05) is 11.2 Å². The molecule has 0 spiro atoms. The highest BCUT2D eigenvalue weighted by molar-refractivity contribution is 5.44. The zero-order chi connectivity index (χ0) is 20.4. The van der Waals surface area contributed by atoms with Gasteiger partial charge in [-0.2, -0.15) is 4.98 Å². The van der Waals surface area contributed by atoms with Crippen LogP contribution in [0.2, 0.25) is 0 Å². The van der Waals surface area contributed by atoms with Gasteiger partial charge in [0.25, 0.3) is 5.89 Å². The minimum atomic E-state index is 0.263. The molecule has 0 amide bonds. The average Bonchev–Trinajstić information content (AvgIpc) is 3.23. The minimum Gasteiger partial charge on any atom is -0.496 e. The molecular formula is C22H27N5O2.